The molecule has 3 fully saturated rings. The van der Waals surface area contributed by atoms with E-state index in [-0.39, 0.29) is 23.4 Å². The van der Waals surface area contributed by atoms with Crippen LogP contribution >= 0.6 is 0 Å². The first-order chi connectivity index (χ1) is 27.8. The van der Waals surface area contributed by atoms with Crippen molar-refractivity contribution in [1.29, 1.82) is 0 Å². The van der Waals surface area contributed by atoms with Gasteiger partial charge in [0.1, 0.15) is 18.4 Å². The van der Waals surface area contributed by atoms with Crippen LogP contribution in [0.5, 0.6) is 0 Å². The van der Waals surface area contributed by atoms with Gasteiger partial charge in [-0.25, -0.2) is 15.4 Å². The van der Waals surface area contributed by atoms with Crippen molar-refractivity contribution >= 4 is 48.0 Å². The van der Waals surface area contributed by atoms with Crippen LogP contribution in [0.1, 0.15) is 113 Å². The monoisotopic (exact) mass is 789 g/mol. The summed E-state index contributed by atoms with van der Waals surface area (Å²) >= 11 is 0. The number of carbonyl (C=O) groups is 4. The summed E-state index contributed by atoms with van der Waals surface area (Å²) in [7, 11) is 7.88. The Hall–Kier alpha value is -3.98. The highest BCUT2D eigenvalue weighted by Crippen LogP contribution is 2.57. The summed E-state index contributed by atoms with van der Waals surface area (Å²) in [5.74, 6) is 2.27. The zero-order chi connectivity index (χ0) is 40.6. The van der Waals surface area contributed by atoms with Crippen molar-refractivity contribution in [3.63, 3.8) is 0 Å². The summed E-state index contributed by atoms with van der Waals surface area (Å²) in [6.45, 7) is 6.12. The Morgan fingerprint density at radius 2 is 1.65 bits per heavy atom. The van der Waals surface area contributed by atoms with Crippen molar-refractivity contribution in [2.75, 3.05) is 87.6 Å². The molecule has 14 nitrogen and oxygen atoms in total. The molecule has 1 spiro atoms. The van der Waals surface area contributed by atoms with Crippen LogP contribution in [-0.2, 0) is 24.6 Å². The van der Waals surface area contributed by atoms with E-state index in [0.29, 0.717) is 31.1 Å². The average Bonchev–Trinajstić information content (AvgIpc) is 4.00. The van der Waals surface area contributed by atoms with Crippen molar-refractivity contribution in [1.82, 2.24) is 30.9 Å². The number of aldehydes is 2. The lowest BCUT2D eigenvalue weighted by molar-refractivity contribution is -0.121. The van der Waals surface area contributed by atoms with Gasteiger partial charge >= 0.3 is 0 Å². The molecule has 14 heteroatoms. The number of piperidine rings is 1. The molecule has 0 bridgehead atoms. The normalized spacial score (nSPS) is 18.4. The fourth-order valence-electron chi connectivity index (χ4n) is 8.85. The molecule has 2 aromatic rings. The average molecular weight is 789 g/mol. The standard InChI is InChI=1S/C38H60N10O2.C5H8O2/c1-39-21-14-29(43-37-42-26-32-35(44-37)48(30-10-6-5-7-11-30)36(50)38(32)18-19-38)15-22-41-20-9-23-46-24-16-28(17-25-46)31-12-8-13-33(34(31)45(3)4)47(27-49)40-2;6-4-2-1-3-5-7/h8,12-13,26-30,39-41H,5-7,9-11,14-25H2,1-4H3,(H,42,43,44);4-5H,1-3H2. The van der Waals surface area contributed by atoms with Crippen LogP contribution in [0.15, 0.2) is 24.4 Å². The van der Waals surface area contributed by atoms with Gasteiger partial charge in [-0.3, -0.25) is 14.5 Å². The lowest BCUT2D eigenvalue weighted by Gasteiger charge is -2.35. The zero-order valence-electron chi connectivity index (χ0n) is 34.9. The van der Waals surface area contributed by atoms with Gasteiger partial charge in [-0.05, 0) is 128 Å². The number of hydrazine groups is 1. The molecule has 1 saturated heterocycles. The summed E-state index contributed by atoms with van der Waals surface area (Å²) in [5, 5.41) is 12.2. The molecule has 2 saturated carbocycles. The molecule has 1 aromatic carbocycles. The Morgan fingerprint density at radius 1 is 0.930 bits per heavy atom. The second-order valence-electron chi connectivity index (χ2n) is 16.3. The third-order valence-electron chi connectivity index (χ3n) is 12.2. The first-order valence-electron chi connectivity index (χ1n) is 21.5. The van der Waals surface area contributed by atoms with Crippen molar-refractivity contribution in [3.05, 3.63) is 35.5 Å². The second kappa shape index (κ2) is 22.2. The molecule has 1 aromatic heterocycles. The number of benzene rings is 1. The minimum Gasteiger partial charge on any atom is -0.376 e. The Labute approximate surface area is 340 Å². The molecule has 4 N–H and O–H groups in total. The van der Waals surface area contributed by atoms with Crippen molar-refractivity contribution in [2.45, 2.75) is 120 Å². The zero-order valence-corrected chi connectivity index (χ0v) is 34.9. The van der Waals surface area contributed by atoms with Gasteiger partial charge in [0.05, 0.1) is 16.8 Å². The van der Waals surface area contributed by atoms with Gasteiger partial charge in [-0.1, -0.05) is 31.4 Å². The van der Waals surface area contributed by atoms with Crippen LogP contribution in [0, 0.1) is 0 Å². The topological polar surface area (TPSA) is 155 Å². The van der Waals surface area contributed by atoms with Gasteiger partial charge in [0.25, 0.3) is 0 Å². The highest BCUT2D eigenvalue weighted by Gasteiger charge is 2.61. The number of unbranched alkanes of at least 4 members (excludes halogenated alkanes) is 2. The lowest BCUT2D eigenvalue weighted by atomic mass is 9.87. The molecule has 0 radical (unpaired) electrons. The molecule has 3 heterocycles. The van der Waals surface area contributed by atoms with Crippen LogP contribution in [0.4, 0.5) is 23.1 Å². The largest absolute Gasteiger partial charge is 0.376 e. The van der Waals surface area contributed by atoms with Crippen LogP contribution in [0.3, 0.4) is 0 Å². The maximum absolute atomic E-state index is 13.6. The van der Waals surface area contributed by atoms with E-state index in [1.165, 1.54) is 24.8 Å². The molecule has 2 amide bonds. The van der Waals surface area contributed by atoms with E-state index in [2.05, 4.69) is 62.3 Å². The molecule has 1 atom stereocenters. The molecule has 4 aliphatic rings. The second-order valence-corrected chi connectivity index (χ2v) is 16.3. The van der Waals surface area contributed by atoms with Crippen molar-refractivity contribution in [3.8, 4) is 0 Å². The fourth-order valence-corrected chi connectivity index (χ4v) is 8.85. The van der Waals surface area contributed by atoms with Crippen LogP contribution < -0.4 is 36.2 Å². The number of likely N-dealkylation sites (tertiary alicyclic amines) is 1. The first kappa shape index (κ1) is 44.1. The number of anilines is 4. The molecular weight excluding hydrogens is 721 g/mol. The van der Waals surface area contributed by atoms with E-state index in [9.17, 15) is 19.2 Å². The molecule has 2 aliphatic heterocycles. The number of fused-ring (bicyclic) bond motifs is 2. The molecule has 314 valence electrons. The van der Waals surface area contributed by atoms with Crippen molar-refractivity contribution < 1.29 is 19.2 Å². The van der Waals surface area contributed by atoms with Crippen molar-refractivity contribution in [2.24, 2.45) is 0 Å². The van der Waals surface area contributed by atoms with E-state index >= 15 is 0 Å². The number of rotatable bonds is 22. The Bertz CT molecular complexity index is 1580. The summed E-state index contributed by atoms with van der Waals surface area (Å²) in [6, 6.07) is 6.81. The Morgan fingerprint density at radius 3 is 2.28 bits per heavy atom. The van der Waals surface area contributed by atoms with Gasteiger partial charge in [0.2, 0.25) is 18.3 Å². The highest BCUT2D eigenvalue weighted by atomic mass is 16.2. The van der Waals surface area contributed by atoms with Gasteiger partial charge in [0, 0.05) is 57.8 Å². The molecule has 2 aliphatic carbocycles. The number of hydrogen-bond acceptors (Lipinski definition) is 12. The SMILES string of the molecule is CNCCC(CCNCCCN1CCC(c2cccc(N(C=O)NC)c2N(C)C)CC1)Nc1ncc2c(n1)N(C1CCCCC1)C(=O)C21CC1.O=CCCCC=O. The maximum Gasteiger partial charge on any atom is 0.239 e. The minimum atomic E-state index is -0.343. The molecule has 6 rings (SSSR count). The quantitative estimate of drug-likeness (QED) is 0.0753. The fraction of sp³-hybridized carbons (Fsp3) is 0.674. The maximum atomic E-state index is 13.6. The third-order valence-corrected chi connectivity index (χ3v) is 12.2. The van der Waals surface area contributed by atoms with Gasteiger partial charge in [0.15, 0.2) is 0 Å². The summed E-state index contributed by atoms with van der Waals surface area (Å²) < 4.78 is 0. The van der Waals surface area contributed by atoms with E-state index in [4.69, 9.17) is 9.97 Å². The van der Waals surface area contributed by atoms with E-state index < -0.39 is 0 Å². The summed E-state index contributed by atoms with van der Waals surface area (Å²) in [4.78, 5) is 61.0. The summed E-state index contributed by atoms with van der Waals surface area (Å²) in [6.07, 6.45) is 19.1. The van der Waals surface area contributed by atoms with Gasteiger partial charge in [-0.2, -0.15) is 4.98 Å². The minimum absolute atomic E-state index is 0.236. The number of nitrogens with zero attached hydrogens (tertiary/aromatic N) is 6. The van der Waals surface area contributed by atoms with E-state index in [1.807, 2.05) is 19.3 Å². The van der Waals surface area contributed by atoms with Gasteiger partial charge in [-0.15, -0.1) is 0 Å². The summed E-state index contributed by atoms with van der Waals surface area (Å²) in [5.41, 5.74) is 7.04. The number of nitrogens with one attached hydrogen (secondary N) is 4. The van der Waals surface area contributed by atoms with E-state index in [0.717, 1.165) is 139 Å². The molecule has 1 unspecified atom stereocenters. The predicted molar refractivity (Wildman–Crippen MR) is 228 cm³/mol. The number of hydrogen-bond donors (Lipinski definition) is 4. The van der Waals surface area contributed by atoms with Gasteiger partial charge < -0.3 is 35.3 Å². The number of carbonyl (C=O) groups excluding carboxylic acids is 4. The first-order valence-corrected chi connectivity index (χ1v) is 21.5. The molecular formula is C43H68N10O4. The predicted octanol–water partition coefficient (Wildman–Crippen LogP) is 4.54. The number of amides is 2. The third kappa shape index (κ3) is 11.4. The Balaban J connectivity index is 0.000000811. The van der Waals surface area contributed by atoms with Crippen LogP contribution in [0.2, 0.25) is 0 Å². The number of para-hydroxylation sites is 1. The van der Waals surface area contributed by atoms with Crippen LogP contribution in [0.25, 0.3) is 0 Å². The highest BCUT2D eigenvalue weighted by molar-refractivity contribution is 6.09. The Kier molecular flexibility index (Phi) is 17.2. The van der Waals surface area contributed by atoms with Crippen LogP contribution in [-0.4, -0.2) is 119 Å². The number of aromatic nitrogens is 2. The molecule has 57 heavy (non-hydrogen) atoms. The lowest BCUT2D eigenvalue weighted by Crippen LogP contribution is -2.42. The van der Waals surface area contributed by atoms with E-state index in [1.54, 1.807) is 12.1 Å². The smallest absolute Gasteiger partial charge is 0.239 e.